The molecular weight excluding hydrogens is 246 g/mol. The first-order chi connectivity index (χ1) is 9.11. The Morgan fingerprint density at radius 2 is 2.11 bits per heavy atom. The minimum Gasteiger partial charge on any atom is -0.406 e. The summed E-state index contributed by atoms with van der Waals surface area (Å²) in [6, 6.07) is 0.400. The molecule has 0 aliphatic carbocycles. The summed E-state index contributed by atoms with van der Waals surface area (Å²) in [6.07, 6.45) is 0. The van der Waals surface area contributed by atoms with E-state index in [2.05, 4.69) is 20.6 Å². The Morgan fingerprint density at radius 3 is 2.74 bits per heavy atom. The Bertz CT molecular complexity index is 546. The van der Waals surface area contributed by atoms with Crippen molar-refractivity contribution in [3.05, 3.63) is 22.8 Å². The van der Waals surface area contributed by atoms with Crippen LogP contribution in [0.3, 0.4) is 0 Å². The van der Waals surface area contributed by atoms with Gasteiger partial charge in [0.15, 0.2) is 0 Å². The Balaban J connectivity index is 1.96. The maximum absolute atomic E-state index is 5.41. The van der Waals surface area contributed by atoms with E-state index in [0.29, 0.717) is 31.7 Å². The number of aryl methyl sites for hydroxylation is 2. The molecule has 0 atom stereocenters. The predicted molar refractivity (Wildman–Crippen MR) is 69.6 cm³/mol. The van der Waals surface area contributed by atoms with E-state index in [1.807, 2.05) is 32.5 Å². The standard InChI is InChI=1S/C12H19N5O2/c1-5-18-7-11-14-15-12(19-11)13-6-10-8(2)16-17(4)9(10)3/h5-7H2,1-4H3,(H,13,15). The summed E-state index contributed by atoms with van der Waals surface area (Å²) >= 11 is 0. The Kier molecular flexibility index (Phi) is 4.16. The highest BCUT2D eigenvalue weighted by Gasteiger charge is 2.11. The summed E-state index contributed by atoms with van der Waals surface area (Å²) < 4.78 is 12.5. The van der Waals surface area contributed by atoms with Gasteiger partial charge in [-0.2, -0.15) is 5.10 Å². The van der Waals surface area contributed by atoms with Gasteiger partial charge in [0.25, 0.3) is 0 Å². The maximum atomic E-state index is 5.41. The zero-order valence-electron chi connectivity index (χ0n) is 11.7. The number of nitrogens with one attached hydrogen (secondary N) is 1. The van der Waals surface area contributed by atoms with E-state index in [-0.39, 0.29) is 0 Å². The van der Waals surface area contributed by atoms with Crippen molar-refractivity contribution in [1.82, 2.24) is 20.0 Å². The fraction of sp³-hybridized carbons (Fsp3) is 0.583. The maximum Gasteiger partial charge on any atom is 0.315 e. The SMILES string of the molecule is CCOCc1nnc(NCc2c(C)nn(C)c2C)o1. The normalized spacial score (nSPS) is 10.9. The second-order valence-electron chi connectivity index (χ2n) is 4.26. The van der Waals surface area contributed by atoms with Gasteiger partial charge in [-0.05, 0) is 20.8 Å². The first kappa shape index (κ1) is 13.5. The average Bonchev–Trinajstić information content (AvgIpc) is 2.92. The minimum absolute atomic E-state index is 0.343. The molecule has 2 rings (SSSR count). The minimum atomic E-state index is 0.343. The third-order valence-corrected chi connectivity index (χ3v) is 2.97. The van der Waals surface area contributed by atoms with Crippen LogP contribution in [-0.2, 0) is 24.9 Å². The lowest BCUT2D eigenvalue weighted by Crippen LogP contribution is -2.02. The Hall–Kier alpha value is -1.89. The summed E-state index contributed by atoms with van der Waals surface area (Å²) in [5.74, 6) is 0.476. The number of hydrogen-bond donors (Lipinski definition) is 1. The van der Waals surface area contributed by atoms with E-state index in [9.17, 15) is 0 Å². The van der Waals surface area contributed by atoms with Gasteiger partial charge in [-0.1, -0.05) is 5.10 Å². The quantitative estimate of drug-likeness (QED) is 0.854. The molecule has 0 fully saturated rings. The lowest BCUT2D eigenvalue weighted by molar-refractivity contribution is 0.115. The van der Waals surface area contributed by atoms with Crippen molar-refractivity contribution in [2.45, 2.75) is 33.9 Å². The van der Waals surface area contributed by atoms with Crippen molar-refractivity contribution >= 4 is 6.01 Å². The average molecular weight is 265 g/mol. The van der Waals surface area contributed by atoms with E-state index in [1.165, 1.54) is 0 Å². The van der Waals surface area contributed by atoms with E-state index in [1.54, 1.807) is 0 Å². The van der Waals surface area contributed by atoms with Crippen molar-refractivity contribution in [2.75, 3.05) is 11.9 Å². The second-order valence-corrected chi connectivity index (χ2v) is 4.26. The number of anilines is 1. The van der Waals surface area contributed by atoms with E-state index in [0.717, 1.165) is 17.0 Å². The molecule has 0 aromatic carbocycles. The molecule has 0 aliphatic rings. The van der Waals surface area contributed by atoms with Gasteiger partial charge in [0.05, 0.1) is 5.69 Å². The molecule has 19 heavy (non-hydrogen) atoms. The molecule has 0 saturated carbocycles. The molecule has 0 spiro atoms. The molecule has 0 bridgehead atoms. The van der Waals surface area contributed by atoms with Crippen molar-refractivity contribution in [1.29, 1.82) is 0 Å². The largest absolute Gasteiger partial charge is 0.406 e. The number of hydrogen-bond acceptors (Lipinski definition) is 6. The molecule has 2 aromatic heterocycles. The molecule has 2 aromatic rings. The van der Waals surface area contributed by atoms with Gasteiger partial charge in [-0.3, -0.25) is 4.68 Å². The molecule has 2 heterocycles. The van der Waals surface area contributed by atoms with Crippen molar-refractivity contribution < 1.29 is 9.15 Å². The van der Waals surface area contributed by atoms with Crippen LogP contribution in [0.5, 0.6) is 0 Å². The van der Waals surface area contributed by atoms with Gasteiger partial charge in [0.2, 0.25) is 5.89 Å². The first-order valence-electron chi connectivity index (χ1n) is 6.25. The Morgan fingerprint density at radius 1 is 1.32 bits per heavy atom. The van der Waals surface area contributed by atoms with Gasteiger partial charge in [0.1, 0.15) is 6.61 Å². The van der Waals surface area contributed by atoms with Crippen LogP contribution in [0.2, 0.25) is 0 Å². The molecule has 7 heteroatoms. The van der Waals surface area contributed by atoms with Gasteiger partial charge >= 0.3 is 6.01 Å². The van der Waals surface area contributed by atoms with Crippen LogP contribution in [-0.4, -0.2) is 26.6 Å². The second kappa shape index (κ2) is 5.83. The number of nitrogens with zero attached hydrogens (tertiary/aromatic N) is 4. The third kappa shape index (κ3) is 3.11. The smallest absolute Gasteiger partial charge is 0.315 e. The lowest BCUT2D eigenvalue weighted by atomic mass is 10.2. The highest BCUT2D eigenvalue weighted by molar-refractivity contribution is 5.29. The predicted octanol–water partition coefficient (Wildman–Crippen LogP) is 1.57. The van der Waals surface area contributed by atoms with Crippen LogP contribution in [0.4, 0.5) is 6.01 Å². The molecular formula is C12H19N5O2. The molecule has 104 valence electrons. The number of ether oxygens (including phenoxy) is 1. The molecule has 0 amide bonds. The van der Waals surface area contributed by atoms with Crippen molar-refractivity contribution in [3.63, 3.8) is 0 Å². The number of aromatic nitrogens is 4. The Labute approximate surface area is 112 Å². The zero-order chi connectivity index (χ0) is 13.8. The van der Waals surface area contributed by atoms with Crippen LogP contribution in [0.25, 0.3) is 0 Å². The number of rotatable bonds is 6. The van der Waals surface area contributed by atoms with Crippen molar-refractivity contribution in [3.8, 4) is 0 Å². The highest BCUT2D eigenvalue weighted by Crippen LogP contribution is 2.14. The topological polar surface area (TPSA) is 78.0 Å². The summed E-state index contributed by atoms with van der Waals surface area (Å²) in [7, 11) is 1.93. The van der Waals surface area contributed by atoms with Gasteiger partial charge < -0.3 is 14.5 Å². The van der Waals surface area contributed by atoms with Crippen LogP contribution >= 0.6 is 0 Å². The fourth-order valence-electron chi connectivity index (χ4n) is 1.81. The van der Waals surface area contributed by atoms with Crippen molar-refractivity contribution in [2.24, 2.45) is 7.05 Å². The van der Waals surface area contributed by atoms with Crippen LogP contribution in [0.1, 0.15) is 29.8 Å². The monoisotopic (exact) mass is 265 g/mol. The van der Waals surface area contributed by atoms with E-state index >= 15 is 0 Å². The summed E-state index contributed by atoms with van der Waals surface area (Å²) in [6.45, 7) is 7.52. The fourth-order valence-corrected chi connectivity index (χ4v) is 1.81. The lowest BCUT2D eigenvalue weighted by Gasteiger charge is -2.02. The molecule has 1 N–H and O–H groups in total. The highest BCUT2D eigenvalue weighted by atomic mass is 16.5. The molecule has 0 unspecified atom stereocenters. The van der Waals surface area contributed by atoms with Crippen LogP contribution in [0.15, 0.2) is 4.42 Å². The first-order valence-corrected chi connectivity index (χ1v) is 6.25. The molecule has 0 saturated heterocycles. The van der Waals surface area contributed by atoms with E-state index in [4.69, 9.17) is 9.15 Å². The van der Waals surface area contributed by atoms with Crippen LogP contribution < -0.4 is 5.32 Å². The van der Waals surface area contributed by atoms with Gasteiger partial charge in [-0.25, -0.2) is 0 Å². The third-order valence-electron chi connectivity index (χ3n) is 2.97. The van der Waals surface area contributed by atoms with E-state index < -0.39 is 0 Å². The van der Waals surface area contributed by atoms with Gasteiger partial charge in [0, 0.05) is 31.5 Å². The molecule has 0 aliphatic heterocycles. The van der Waals surface area contributed by atoms with Crippen LogP contribution in [0, 0.1) is 13.8 Å². The summed E-state index contributed by atoms with van der Waals surface area (Å²) in [5, 5.41) is 15.3. The summed E-state index contributed by atoms with van der Waals surface area (Å²) in [4.78, 5) is 0. The molecule has 7 nitrogen and oxygen atoms in total. The molecule has 0 radical (unpaired) electrons. The summed E-state index contributed by atoms with van der Waals surface area (Å²) in [5.41, 5.74) is 3.27. The van der Waals surface area contributed by atoms with Gasteiger partial charge in [-0.15, -0.1) is 5.10 Å². The zero-order valence-corrected chi connectivity index (χ0v) is 11.7.